The molecule has 0 spiro atoms. The van der Waals surface area contributed by atoms with Gasteiger partial charge in [-0.2, -0.15) is 0 Å². The first-order chi connectivity index (χ1) is 9.86. The van der Waals surface area contributed by atoms with E-state index >= 15 is 0 Å². The molecule has 2 N–H and O–H groups in total. The number of nitrogens with one attached hydrogen (secondary N) is 2. The van der Waals surface area contributed by atoms with Crippen LogP contribution in [0.4, 0.5) is 5.69 Å². The number of rotatable bonds is 4. The highest BCUT2D eigenvalue weighted by Gasteiger charge is 2.18. The summed E-state index contributed by atoms with van der Waals surface area (Å²) < 4.78 is 28.3. The number of hydrogen-bond acceptors (Lipinski definition) is 5. The molecule has 0 radical (unpaired) electrons. The number of anilines is 1. The largest absolute Gasteiger partial charge is 0.378 e. The smallest absolute Gasteiger partial charge is 0.226 e. The van der Waals surface area contributed by atoms with Crippen molar-refractivity contribution in [3.05, 3.63) is 23.2 Å². The summed E-state index contributed by atoms with van der Waals surface area (Å²) in [6.45, 7) is 1.83. The Hall–Kier alpha value is -1.15. The highest BCUT2D eigenvalue weighted by Crippen LogP contribution is 2.25. The highest BCUT2D eigenvalue weighted by atomic mass is 35.5. The van der Waals surface area contributed by atoms with Gasteiger partial charge in [0.05, 0.1) is 28.8 Å². The number of morpholine rings is 1. The molecular formula is C13H17ClN2O4S. The molecule has 0 saturated carbocycles. The van der Waals surface area contributed by atoms with Crippen LogP contribution in [0.2, 0.25) is 5.02 Å². The van der Waals surface area contributed by atoms with Gasteiger partial charge in [0.25, 0.3) is 0 Å². The van der Waals surface area contributed by atoms with Crippen molar-refractivity contribution in [3.63, 3.8) is 0 Å². The van der Waals surface area contributed by atoms with Crippen LogP contribution in [-0.2, 0) is 19.4 Å². The number of amides is 1. The molecule has 8 heteroatoms. The van der Waals surface area contributed by atoms with Crippen LogP contribution in [-0.4, -0.2) is 46.4 Å². The predicted octanol–water partition coefficient (Wildman–Crippen LogP) is 1.06. The first kappa shape index (κ1) is 16.2. The van der Waals surface area contributed by atoms with Crippen molar-refractivity contribution in [1.82, 2.24) is 5.32 Å². The van der Waals surface area contributed by atoms with E-state index in [-0.39, 0.29) is 23.3 Å². The Morgan fingerprint density at radius 1 is 1.52 bits per heavy atom. The summed E-state index contributed by atoms with van der Waals surface area (Å²) in [6, 6.07) is 4.18. The van der Waals surface area contributed by atoms with Gasteiger partial charge in [-0.05, 0) is 18.2 Å². The van der Waals surface area contributed by atoms with Crippen LogP contribution in [0.3, 0.4) is 0 Å². The van der Waals surface area contributed by atoms with E-state index in [9.17, 15) is 13.2 Å². The molecule has 1 saturated heterocycles. The van der Waals surface area contributed by atoms with E-state index in [0.717, 1.165) is 6.26 Å². The average Bonchev–Trinajstić information content (AvgIpc) is 2.41. The number of benzene rings is 1. The molecule has 0 aliphatic carbocycles. The van der Waals surface area contributed by atoms with Gasteiger partial charge >= 0.3 is 0 Å². The van der Waals surface area contributed by atoms with Gasteiger partial charge in [-0.15, -0.1) is 0 Å². The van der Waals surface area contributed by atoms with Crippen LogP contribution in [0, 0.1) is 0 Å². The van der Waals surface area contributed by atoms with E-state index in [2.05, 4.69) is 10.6 Å². The zero-order valence-corrected chi connectivity index (χ0v) is 13.1. The Labute approximate surface area is 128 Å². The van der Waals surface area contributed by atoms with Gasteiger partial charge in [0, 0.05) is 25.3 Å². The third-order valence-corrected chi connectivity index (χ3v) is 4.51. The third-order valence-electron chi connectivity index (χ3n) is 3.07. The fourth-order valence-electron chi connectivity index (χ4n) is 2.01. The molecule has 116 valence electrons. The molecule has 0 bridgehead atoms. The van der Waals surface area contributed by atoms with E-state index < -0.39 is 9.84 Å². The number of halogens is 1. The zero-order chi connectivity index (χ0) is 15.5. The number of carbonyl (C=O) groups is 1. The van der Waals surface area contributed by atoms with Crippen molar-refractivity contribution in [2.75, 3.05) is 31.3 Å². The summed E-state index contributed by atoms with van der Waals surface area (Å²) in [5.41, 5.74) is 0.293. The van der Waals surface area contributed by atoms with Crippen molar-refractivity contribution < 1.29 is 17.9 Å². The number of sulfone groups is 1. The Balaban J connectivity index is 2.06. The van der Waals surface area contributed by atoms with E-state index in [1.807, 2.05) is 0 Å². The lowest BCUT2D eigenvalue weighted by atomic mass is 10.2. The second kappa shape index (κ2) is 6.74. The molecule has 1 heterocycles. The van der Waals surface area contributed by atoms with Crippen molar-refractivity contribution >= 4 is 33.0 Å². The van der Waals surface area contributed by atoms with Crippen molar-refractivity contribution in [2.45, 2.75) is 17.4 Å². The molecule has 2 rings (SSSR count). The molecule has 21 heavy (non-hydrogen) atoms. The molecule has 1 aromatic carbocycles. The van der Waals surface area contributed by atoms with Crippen molar-refractivity contribution in [3.8, 4) is 0 Å². The predicted molar refractivity (Wildman–Crippen MR) is 80.4 cm³/mol. The van der Waals surface area contributed by atoms with E-state index in [1.54, 1.807) is 0 Å². The second-order valence-corrected chi connectivity index (χ2v) is 7.32. The Morgan fingerprint density at radius 3 is 2.90 bits per heavy atom. The maximum Gasteiger partial charge on any atom is 0.226 e. The average molecular weight is 333 g/mol. The molecule has 0 aromatic heterocycles. The molecule has 1 fully saturated rings. The van der Waals surface area contributed by atoms with Gasteiger partial charge in [-0.1, -0.05) is 11.6 Å². The Morgan fingerprint density at radius 2 is 2.29 bits per heavy atom. The second-order valence-electron chi connectivity index (χ2n) is 4.89. The normalized spacial score (nSPS) is 19.2. The standard InChI is InChI=1S/C13H17ClN2O4S/c1-21(18,19)10-2-3-11(14)12(7-10)16-13(17)6-9-8-20-5-4-15-9/h2-3,7,9,15H,4-6,8H2,1H3,(H,16,17). The van der Waals surface area contributed by atoms with Gasteiger partial charge in [0.1, 0.15) is 0 Å². The molecule has 6 nitrogen and oxygen atoms in total. The minimum absolute atomic E-state index is 0.0457. The Bertz CT molecular complexity index is 627. The van der Waals surface area contributed by atoms with Crippen LogP contribution in [0.5, 0.6) is 0 Å². The van der Waals surface area contributed by atoms with Gasteiger partial charge in [-0.3, -0.25) is 4.79 Å². The lowest BCUT2D eigenvalue weighted by molar-refractivity contribution is -0.117. The molecular weight excluding hydrogens is 316 g/mol. The zero-order valence-electron chi connectivity index (χ0n) is 11.6. The van der Waals surface area contributed by atoms with Gasteiger partial charge in [-0.25, -0.2) is 8.42 Å². The fourth-order valence-corrected chi connectivity index (χ4v) is 2.82. The number of carbonyl (C=O) groups excluding carboxylic acids is 1. The summed E-state index contributed by atoms with van der Waals surface area (Å²) in [6.07, 6.45) is 1.34. The fraction of sp³-hybridized carbons (Fsp3) is 0.462. The summed E-state index contributed by atoms with van der Waals surface area (Å²) in [4.78, 5) is 12.1. The molecule has 1 unspecified atom stereocenters. The highest BCUT2D eigenvalue weighted by molar-refractivity contribution is 7.90. The quantitative estimate of drug-likeness (QED) is 0.861. The van der Waals surface area contributed by atoms with E-state index in [4.69, 9.17) is 16.3 Å². The first-order valence-corrected chi connectivity index (χ1v) is 8.74. The maximum atomic E-state index is 12.0. The summed E-state index contributed by atoms with van der Waals surface area (Å²) in [7, 11) is -3.35. The van der Waals surface area contributed by atoms with Crippen LogP contribution < -0.4 is 10.6 Å². The molecule has 1 aliphatic rings. The van der Waals surface area contributed by atoms with Crippen molar-refractivity contribution in [1.29, 1.82) is 0 Å². The van der Waals surface area contributed by atoms with E-state index in [1.165, 1.54) is 18.2 Å². The van der Waals surface area contributed by atoms with Gasteiger partial charge in [0.2, 0.25) is 5.91 Å². The van der Waals surface area contributed by atoms with Gasteiger partial charge in [0.15, 0.2) is 9.84 Å². The van der Waals surface area contributed by atoms with Crippen molar-refractivity contribution in [2.24, 2.45) is 0 Å². The SMILES string of the molecule is CS(=O)(=O)c1ccc(Cl)c(NC(=O)CC2COCCN2)c1. The summed E-state index contributed by atoms with van der Waals surface area (Å²) in [5.74, 6) is -0.245. The first-order valence-electron chi connectivity index (χ1n) is 6.47. The topological polar surface area (TPSA) is 84.5 Å². The lowest BCUT2D eigenvalue weighted by Gasteiger charge is -2.23. The molecule has 1 aliphatic heterocycles. The van der Waals surface area contributed by atoms with Crippen LogP contribution in [0.1, 0.15) is 6.42 Å². The third kappa shape index (κ3) is 4.67. The minimum atomic E-state index is -3.35. The lowest BCUT2D eigenvalue weighted by Crippen LogP contribution is -2.43. The molecule has 1 amide bonds. The molecule has 1 aromatic rings. The minimum Gasteiger partial charge on any atom is -0.378 e. The van der Waals surface area contributed by atoms with E-state index in [0.29, 0.717) is 30.5 Å². The molecule has 1 atom stereocenters. The number of ether oxygens (including phenoxy) is 1. The Kier molecular flexibility index (Phi) is 5.21. The van der Waals surface area contributed by atoms with Gasteiger partial charge < -0.3 is 15.4 Å². The monoisotopic (exact) mass is 332 g/mol. The maximum absolute atomic E-state index is 12.0. The van der Waals surface area contributed by atoms with Crippen LogP contribution >= 0.6 is 11.6 Å². The summed E-state index contributed by atoms with van der Waals surface area (Å²) in [5, 5.41) is 6.11. The number of hydrogen-bond donors (Lipinski definition) is 2. The van der Waals surface area contributed by atoms with Crippen LogP contribution in [0.15, 0.2) is 23.1 Å². The van der Waals surface area contributed by atoms with Crippen LogP contribution in [0.25, 0.3) is 0 Å². The summed E-state index contributed by atoms with van der Waals surface area (Å²) >= 11 is 5.98.